The van der Waals surface area contributed by atoms with Crippen LogP contribution in [0, 0.1) is 0 Å². The van der Waals surface area contributed by atoms with E-state index in [9.17, 15) is 0 Å². The van der Waals surface area contributed by atoms with Gasteiger partial charge in [0.05, 0.1) is 4.96 Å². The van der Waals surface area contributed by atoms with Gasteiger partial charge in [-0.15, -0.1) is 5.10 Å². The second kappa shape index (κ2) is 2.21. The minimum absolute atomic E-state index is 1.17. The number of nitrogens with zero attached hydrogens (tertiary/aromatic N) is 4. The first-order valence-corrected chi connectivity index (χ1v) is 2.30. The number of aliphatic imine (C=N–C) groups is 1. The topological polar surface area (TPSA) is 59.8 Å². The summed E-state index contributed by atoms with van der Waals surface area (Å²) >= 11 is 0. The Balaban J connectivity index is 2.33. The lowest BCUT2D eigenvalue weighted by molar-refractivity contribution is 0.442. The molecular weight excluding hydrogens is 122 g/mol. The first-order valence-electron chi connectivity index (χ1n) is 2.30. The van der Waals surface area contributed by atoms with Gasteiger partial charge < -0.3 is 0 Å². The van der Waals surface area contributed by atoms with Crippen molar-refractivity contribution < 1.29 is 4.63 Å². The van der Waals surface area contributed by atoms with Gasteiger partial charge in [0, 0.05) is 18.7 Å². The van der Waals surface area contributed by atoms with Crippen LogP contribution < -0.4 is 5.43 Å². The van der Waals surface area contributed by atoms with E-state index in [1.165, 1.54) is 16.3 Å². The molecule has 0 unspecified atom stereocenters. The van der Waals surface area contributed by atoms with Crippen LogP contribution >= 0.6 is 0 Å². The fraction of sp³-hybridized carbons (Fsp3) is 0.333. The first kappa shape index (κ1) is 5.67. The van der Waals surface area contributed by atoms with E-state index < -0.39 is 0 Å². The maximum absolute atomic E-state index is 4.60. The van der Waals surface area contributed by atoms with Gasteiger partial charge in [-0.05, 0) is 0 Å². The van der Waals surface area contributed by atoms with Crippen LogP contribution in [0.5, 0.6) is 0 Å². The van der Waals surface area contributed by atoms with E-state index in [0.29, 0.717) is 0 Å². The van der Waals surface area contributed by atoms with Gasteiger partial charge in [0.1, 0.15) is 6.34 Å². The molecule has 0 atom stereocenters. The van der Waals surface area contributed by atoms with Crippen molar-refractivity contribution in [3.8, 4) is 0 Å². The highest BCUT2D eigenvalue weighted by Gasteiger charge is 2.03. The van der Waals surface area contributed by atoms with Crippen molar-refractivity contribution in [2.45, 2.75) is 0 Å². The standard InChI is InChI=1S/C3H7N5O/c1-4-3-6-8-7(5-2)9-8/h3H,2H2,1H3,(H,4,6). The third kappa shape index (κ3) is 1.21. The van der Waals surface area contributed by atoms with Crippen LogP contribution in [-0.2, 0) is 0 Å². The summed E-state index contributed by atoms with van der Waals surface area (Å²) in [7, 11) is 1.64. The fourth-order valence-electron chi connectivity index (χ4n) is 0.316. The van der Waals surface area contributed by atoms with Gasteiger partial charge >= 0.3 is 0 Å². The van der Waals surface area contributed by atoms with E-state index in [1.807, 2.05) is 0 Å². The molecule has 0 aliphatic heterocycles. The minimum atomic E-state index is 1.17. The van der Waals surface area contributed by atoms with Crippen molar-refractivity contribution in [3.63, 3.8) is 0 Å². The summed E-state index contributed by atoms with van der Waals surface area (Å²) in [6, 6.07) is 0. The average Bonchev–Trinajstić information content (AvgIpc) is 2.62. The molecule has 0 saturated carbocycles. The molecule has 0 amide bonds. The summed E-state index contributed by atoms with van der Waals surface area (Å²) < 4.78 is 4.60. The number of nitrogens with one attached hydrogen (secondary N) is 1. The Morgan fingerprint density at radius 3 is 3.00 bits per heavy atom. The Morgan fingerprint density at radius 2 is 2.56 bits per heavy atom. The quantitative estimate of drug-likeness (QED) is 0.443. The molecule has 0 spiro atoms. The summed E-state index contributed by atoms with van der Waals surface area (Å²) in [6.07, 6.45) is 1.46. The molecular formula is C3H7N5O. The normalized spacial score (nSPS) is 10.8. The largest absolute Gasteiger partial charge is 0.277 e. The predicted molar refractivity (Wildman–Crippen MR) is 33.4 cm³/mol. The van der Waals surface area contributed by atoms with E-state index in [4.69, 9.17) is 0 Å². The zero-order chi connectivity index (χ0) is 6.69. The van der Waals surface area contributed by atoms with Crippen LogP contribution in [0.2, 0.25) is 0 Å². The highest BCUT2D eigenvalue weighted by molar-refractivity contribution is 5.62. The second-order valence-corrected chi connectivity index (χ2v) is 1.27. The monoisotopic (exact) mass is 129 g/mol. The van der Waals surface area contributed by atoms with Gasteiger partial charge in [-0.2, -0.15) is 0 Å². The molecule has 0 saturated heterocycles. The molecule has 0 aromatic carbocycles. The molecule has 1 N–H and O–H groups in total. The van der Waals surface area contributed by atoms with Crippen LogP contribution in [0.1, 0.15) is 0 Å². The highest BCUT2D eigenvalue weighted by Crippen LogP contribution is 1.88. The van der Waals surface area contributed by atoms with Gasteiger partial charge in [0.25, 0.3) is 0 Å². The van der Waals surface area contributed by atoms with Crippen molar-refractivity contribution in [1.82, 2.24) is 9.93 Å². The smallest absolute Gasteiger partial charge is 0.106 e. The molecule has 0 aliphatic rings. The van der Waals surface area contributed by atoms with Crippen LogP contribution in [0.15, 0.2) is 14.7 Å². The fourth-order valence-corrected chi connectivity index (χ4v) is 0.316. The molecule has 1 rings (SSSR count). The van der Waals surface area contributed by atoms with E-state index in [0.717, 1.165) is 0 Å². The van der Waals surface area contributed by atoms with Crippen molar-refractivity contribution in [1.29, 1.82) is 0 Å². The molecule has 0 fully saturated rings. The lowest BCUT2D eigenvalue weighted by atomic mass is 11.2. The highest BCUT2D eigenvalue weighted by atomic mass is 16.8. The van der Waals surface area contributed by atoms with Crippen molar-refractivity contribution in [2.75, 3.05) is 12.5 Å². The van der Waals surface area contributed by atoms with Gasteiger partial charge in [-0.3, -0.25) is 4.99 Å². The van der Waals surface area contributed by atoms with Gasteiger partial charge in [0.2, 0.25) is 0 Å². The summed E-state index contributed by atoms with van der Waals surface area (Å²) in [5, 5.41) is 3.40. The lowest BCUT2D eigenvalue weighted by Gasteiger charge is -1.79. The van der Waals surface area contributed by atoms with Crippen LogP contribution in [0.4, 0.5) is 0 Å². The van der Waals surface area contributed by atoms with E-state index in [-0.39, 0.29) is 0 Å². The first-order chi connectivity index (χ1) is 4.38. The average molecular weight is 129 g/mol. The van der Waals surface area contributed by atoms with Crippen LogP contribution in [0.25, 0.3) is 0 Å². The Labute approximate surface area is 51.3 Å². The minimum Gasteiger partial charge on any atom is -0.277 e. The molecule has 6 heteroatoms. The molecule has 50 valence electrons. The summed E-state index contributed by atoms with van der Waals surface area (Å²) in [5.41, 5.74) is 2.62. The maximum atomic E-state index is 4.60. The molecule has 0 radical (unpaired) electrons. The number of hydrogen-bond donors (Lipinski definition) is 1. The van der Waals surface area contributed by atoms with Gasteiger partial charge in [-0.1, -0.05) is 0 Å². The molecule has 1 heterocycles. The molecule has 6 nitrogen and oxygen atoms in total. The summed E-state index contributed by atoms with van der Waals surface area (Å²) in [6.45, 7) is 3.21. The maximum Gasteiger partial charge on any atom is 0.106 e. The lowest BCUT2D eigenvalue weighted by Crippen LogP contribution is -2.06. The number of aromatic nitrogens is 2. The molecule has 0 bridgehead atoms. The van der Waals surface area contributed by atoms with E-state index >= 15 is 0 Å². The van der Waals surface area contributed by atoms with Crippen molar-refractivity contribution >= 4 is 13.1 Å². The van der Waals surface area contributed by atoms with E-state index in [1.54, 1.807) is 7.05 Å². The van der Waals surface area contributed by atoms with Crippen LogP contribution in [0.3, 0.4) is 0 Å². The molecule has 1 aromatic heterocycles. The van der Waals surface area contributed by atoms with Crippen molar-refractivity contribution in [3.05, 3.63) is 0 Å². The Hall–Kier alpha value is -1.46. The molecule has 9 heavy (non-hydrogen) atoms. The summed E-state index contributed by atoms with van der Waals surface area (Å²) in [4.78, 5) is 6.07. The Bertz CT molecular complexity index is 203. The zero-order valence-electron chi connectivity index (χ0n) is 4.98. The molecule has 0 aliphatic carbocycles. The second-order valence-electron chi connectivity index (χ2n) is 1.27. The van der Waals surface area contributed by atoms with Gasteiger partial charge in [0.15, 0.2) is 0 Å². The predicted octanol–water partition coefficient (Wildman–Crippen LogP) is -0.452. The Kier molecular flexibility index (Phi) is 1.39. The zero-order valence-corrected chi connectivity index (χ0v) is 4.98. The Morgan fingerprint density at radius 1 is 1.78 bits per heavy atom. The third-order valence-electron chi connectivity index (χ3n) is 0.699. The van der Waals surface area contributed by atoms with E-state index in [2.05, 4.69) is 26.9 Å². The molecule has 1 aromatic rings. The number of rotatable bonds is 3. The third-order valence-corrected chi connectivity index (χ3v) is 0.699. The SMILES string of the molecule is C=Nn1on1NC=NC. The van der Waals surface area contributed by atoms with Crippen molar-refractivity contribution in [2.24, 2.45) is 10.1 Å². The number of hydrogen-bond acceptors (Lipinski definition) is 3. The van der Waals surface area contributed by atoms with Gasteiger partial charge in [-0.25, -0.2) is 10.1 Å². The van der Waals surface area contributed by atoms with Crippen LogP contribution in [-0.4, -0.2) is 30.0 Å². The summed E-state index contributed by atoms with van der Waals surface area (Å²) in [5.74, 6) is 0.